The highest BCUT2D eigenvalue weighted by Gasteiger charge is 2.30. The van der Waals surface area contributed by atoms with Gasteiger partial charge in [0.25, 0.3) is 0 Å². The van der Waals surface area contributed by atoms with E-state index in [1.54, 1.807) is 4.90 Å². The van der Waals surface area contributed by atoms with Crippen LogP contribution in [-0.2, 0) is 4.74 Å². The first kappa shape index (κ1) is 29.4. The maximum absolute atomic E-state index is 12.6. The fourth-order valence-corrected chi connectivity index (χ4v) is 5.41. The third kappa shape index (κ3) is 8.23. The van der Waals surface area contributed by atoms with Crippen LogP contribution in [0.1, 0.15) is 81.9 Å². The molecule has 8 heteroatoms. The summed E-state index contributed by atoms with van der Waals surface area (Å²) >= 11 is 0. The summed E-state index contributed by atoms with van der Waals surface area (Å²) in [5.74, 6) is 7.97. The normalized spacial score (nSPS) is 19.4. The van der Waals surface area contributed by atoms with E-state index in [1.807, 2.05) is 81.6 Å². The summed E-state index contributed by atoms with van der Waals surface area (Å²) in [5, 5.41) is 17.0. The lowest BCUT2D eigenvalue weighted by atomic mass is 9.89. The second kappa shape index (κ2) is 13.3. The van der Waals surface area contributed by atoms with Gasteiger partial charge in [-0.25, -0.2) is 9.78 Å². The number of likely N-dealkylation sites (tertiary alicyclic amines) is 1. The molecule has 5 rings (SSSR count). The van der Waals surface area contributed by atoms with Crippen molar-refractivity contribution in [2.75, 3.05) is 23.7 Å². The number of benzene rings is 2. The number of carbonyl (C=O) groups excluding carboxylic acids is 1. The summed E-state index contributed by atoms with van der Waals surface area (Å²) in [7, 11) is 0. The highest BCUT2D eigenvalue weighted by molar-refractivity contribution is 5.68. The number of hydrogen-bond donors (Lipinski definition) is 3. The summed E-state index contributed by atoms with van der Waals surface area (Å²) in [5.41, 5.74) is 3.36. The molecule has 2 heterocycles. The minimum absolute atomic E-state index is 0.220. The molecule has 1 aliphatic carbocycles. The van der Waals surface area contributed by atoms with E-state index in [9.17, 15) is 9.90 Å². The Morgan fingerprint density at radius 1 is 0.929 bits per heavy atom. The van der Waals surface area contributed by atoms with Crippen molar-refractivity contribution in [3.63, 3.8) is 0 Å². The molecule has 2 aromatic carbocycles. The van der Waals surface area contributed by atoms with Gasteiger partial charge in [-0.3, -0.25) is 0 Å². The maximum atomic E-state index is 12.6. The summed E-state index contributed by atoms with van der Waals surface area (Å²) in [6.07, 6.45) is 6.45. The Morgan fingerprint density at radius 3 is 2.21 bits per heavy atom. The number of nitrogens with one attached hydrogen (secondary N) is 2. The smallest absolute Gasteiger partial charge is 0.410 e. The van der Waals surface area contributed by atoms with Gasteiger partial charge in [0.05, 0.1) is 6.10 Å². The van der Waals surface area contributed by atoms with E-state index in [0.717, 1.165) is 66.7 Å². The van der Waals surface area contributed by atoms with Crippen LogP contribution in [0.5, 0.6) is 0 Å². The number of amides is 1. The number of piperidine rings is 1. The molecule has 1 aromatic heterocycles. The first-order chi connectivity index (χ1) is 20.2. The number of ether oxygens (including phenoxy) is 1. The third-order valence-electron chi connectivity index (χ3n) is 7.71. The zero-order chi connectivity index (χ0) is 29.5. The number of aromatic nitrogens is 2. The molecule has 0 spiro atoms. The van der Waals surface area contributed by atoms with Crippen LogP contribution in [-0.4, -0.2) is 56.9 Å². The maximum Gasteiger partial charge on any atom is 0.410 e. The van der Waals surface area contributed by atoms with Crippen molar-refractivity contribution >= 4 is 23.5 Å². The molecule has 0 unspecified atom stereocenters. The van der Waals surface area contributed by atoms with Gasteiger partial charge in [0.15, 0.2) is 0 Å². The molecule has 1 saturated heterocycles. The SMILES string of the molecule is CC(C)(C)OC(=O)N1CCC(c2cnc(Nc3ccc(C#Cc4ccccc4)cc3)nc2NC2CCC(O)CC2)CC1. The molecular formula is C34H41N5O3. The first-order valence-corrected chi connectivity index (χ1v) is 15.0. The van der Waals surface area contributed by atoms with Crippen molar-refractivity contribution in [2.24, 2.45) is 0 Å². The van der Waals surface area contributed by atoms with Crippen LogP contribution in [0.3, 0.4) is 0 Å². The summed E-state index contributed by atoms with van der Waals surface area (Å²) < 4.78 is 5.58. The number of anilines is 3. The van der Waals surface area contributed by atoms with E-state index < -0.39 is 5.60 Å². The van der Waals surface area contributed by atoms with Crippen LogP contribution < -0.4 is 10.6 Å². The van der Waals surface area contributed by atoms with Gasteiger partial charge in [0, 0.05) is 47.7 Å². The van der Waals surface area contributed by atoms with Gasteiger partial charge in [-0.1, -0.05) is 30.0 Å². The van der Waals surface area contributed by atoms with E-state index in [4.69, 9.17) is 9.72 Å². The number of aliphatic hydroxyl groups is 1. The molecule has 0 radical (unpaired) electrons. The molecule has 1 amide bonds. The number of nitrogens with zero attached hydrogens (tertiary/aromatic N) is 3. The number of hydrogen-bond acceptors (Lipinski definition) is 7. The van der Waals surface area contributed by atoms with Gasteiger partial charge in [-0.15, -0.1) is 0 Å². The molecule has 0 bridgehead atoms. The van der Waals surface area contributed by atoms with E-state index in [1.165, 1.54) is 0 Å². The minimum atomic E-state index is -0.509. The topological polar surface area (TPSA) is 99.6 Å². The molecule has 0 atom stereocenters. The Kier molecular flexibility index (Phi) is 9.28. The van der Waals surface area contributed by atoms with Crippen molar-refractivity contribution < 1.29 is 14.6 Å². The monoisotopic (exact) mass is 567 g/mol. The fourth-order valence-electron chi connectivity index (χ4n) is 5.41. The fraction of sp³-hybridized carbons (Fsp3) is 0.441. The molecule has 1 saturated carbocycles. The Hall–Kier alpha value is -4.09. The Labute approximate surface area is 248 Å². The van der Waals surface area contributed by atoms with Gasteiger partial charge < -0.3 is 25.4 Å². The molecule has 3 N–H and O–H groups in total. The lowest BCUT2D eigenvalue weighted by Crippen LogP contribution is -2.41. The Bertz CT molecular complexity index is 1390. The summed E-state index contributed by atoms with van der Waals surface area (Å²) in [6, 6.07) is 18.1. The van der Waals surface area contributed by atoms with Crippen molar-refractivity contribution in [3.8, 4) is 11.8 Å². The van der Waals surface area contributed by atoms with Gasteiger partial charge in [0.2, 0.25) is 5.95 Å². The molecule has 220 valence electrons. The molecule has 1 aliphatic heterocycles. The molecular weight excluding hydrogens is 526 g/mol. The van der Waals surface area contributed by atoms with Crippen molar-refractivity contribution in [3.05, 3.63) is 77.5 Å². The molecule has 2 aliphatic rings. The van der Waals surface area contributed by atoms with Gasteiger partial charge >= 0.3 is 6.09 Å². The second-order valence-corrected chi connectivity index (χ2v) is 12.2. The average Bonchev–Trinajstić information content (AvgIpc) is 2.98. The van der Waals surface area contributed by atoms with Crippen molar-refractivity contribution in [2.45, 2.75) is 83.0 Å². The molecule has 3 aromatic rings. The van der Waals surface area contributed by atoms with Crippen LogP contribution in [0.2, 0.25) is 0 Å². The first-order valence-electron chi connectivity index (χ1n) is 15.0. The predicted molar refractivity (Wildman–Crippen MR) is 166 cm³/mol. The summed E-state index contributed by atoms with van der Waals surface area (Å²) in [4.78, 5) is 24.0. The minimum Gasteiger partial charge on any atom is -0.444 e. The third-order valence-corrected chi connectivity index (χ3v) is 7.71. The zero-order valence-electron chi connectivity index (χ0n) is 24.8. The average molecular weight is 568 g/mol. The Balaban J connectivity index is 1.29. The largest absolute Gasteiger partial charge is 0.444 e. The quantitative estimate of drug-likeness (QED) is 0.305. The standard InChI is InChI=1S/C34H41N5O3/c1-34(2,3)42-33(41)39-21-19-26(20-22-39)30-23-35-32(38-31(30)36-27-15-17-29(40)18-16-27)37-28-13-11-25(12-14-28)10-9-24-7-5-4-6-8-24/h4-8,11-14,23,26-27,29,40H,15-22H2,1-3H3,(H2,35,36,37,38). The van der Waals surface area contributed by atoms with Gasteiger partial charge in [-0.2, -0.15) is 4.98 Å². The van der Waals surface area contributed by atoms with Crippen LogP contribution >= 0.6 is 0 Å². The molecule has 8 nitrogen and oxygen atoms in total. The highest BCUT2D eigenvalue weighted by atomic mass is 16.6. The predicted octanol–water partition coefficient (Wildman–Crippen LogP) is 6.45. The highest BCUT2D eigenvalue weighted by Crippen LogP contribution is 2.34. The van der Waals surface area contributed by atoms with E-state index in [-0.39, 0.29) is 24.2 Å². The van der Waals surface area contributed by atoms with Crippen molar-refractivity contribution in [1.82, 2.24) is 14.9 Å². The molecule has 42 heavy (non-hydrogen) atoms. The summed E-state index contributed by atoms with van der Waals surface area (Å²) in [6.45, 7) is 6.94. The van der Waals surface area contributed by atoms with E-state index in [0.29, 0.717) is 19.0 Å². The van der Waals surface area contributed by atoms with Crippen molar-refractivity contribution in [1.29, 1.82) is 0 Å². The molecule has 2 fully saturated rings. The van der Waals surface area contributed by atoms with E-state index in [2.05, 4.69) is 27.5 Å². The van der Waals surface area contributed by atoms with Gasteiger partial charge in [-0.05, 0) is 102 Å². The second-order valence-electron chi connectivity index (χ2n) is 12.2. The van der Waals surface area contributed by atoms with Crippen LogP contribution in [0, 0.1) is 11.8 Å². The number of carbonyl (C=O) groups is 1. The van der Waals surface area contributed by atoms with Gasteiger partial charge in [0.1, 0.15) is 11.4 Å². The Morgan fingerprint density at radius 2 is 1.57 bits per heavy atom. The number of aliphatic hydroxyl groups excluding tert-OH is 1. The number of rotatable bonds is 5. The van der Waals surface area contributed by atoms with Crippen LogP contribution in [0.25, 0.3) is 0 Å². The zero-order valence-corrected chi connectivity index (χ0v) is 24.8. The van der Waals surface area contributed by atoms with Crippen LogP contribution in [0.4, 0.5) is 22.2 Å². The van der Waals surface area contributed by atoms with Crippen LogP contribution in [0.15, 0.2) is 60.8 Å². The lowest BCUT2D eigenvalue weighted by molar-refractivity contribution is 0.0205. The lowest BCUT2D eigenvalue weighted by Gasteiger charge is -2.34. The van der Waals surface area contributed by atoms with E-state index >= 15 is 0 Å².